The lowest BCUT2D eigenvalue weighted by Crippen LogP contribution is -2.02. The average Bonchev–Trinajstić information content (AvgIpc) is 2.54. The van der Waals surface area contributed by atoms with E-state index in [1.165, 1.54) is 0 Å². The van der Waals surface area contributed by atoms with E-state index in [0.717, 1.165) is 16.5 Å². The molecule has 2 heterocycles. The Morgan fingerprint density at radius 3 is 2.78 bits per heavy atom. The maximum Gasteiger partial charge on any atom is 0.223 e. The van der Waals surface area contributed by atoms with E-state index in [9.17, 15) is 0 Å². The predicted octanol–water partition coefficient (Wildman–Crippen LogP) is 3.90. The molecule has 0 saturated carbocycles. The summed E-state index contributed by atoms with van der Waals surface area (Å²) in [5.41, 5.74) is 9.16. The van der Waals surface area contributed by atoms with Crippen LogP contribution in [0.3, 0.4) is 0 Å². The summed E-state index contributed by atoms with van der Waals surface area (Å²) in [6.07, 6.45) is 3.85. The number of benzene rings is 1. The molecule has 0 aliphatic heterocycles. The van der Waals surface area contributed by atoms with Crippen LogP contribution in [0.4, 0.5) is 5.69 Å². The van der Waals surface area contributed by atoms with Crippen LogP contribution in [0.25, 0.3) is 10.9 Å². The van der Waals surface area contributed by atoms with E-state index in [0.29, 0.717) is 35.1 Å². The van der Waals surface area contributed by atoms with Crippen LogP contribution in [0.5, 0.6) is 5.75 Å². The Hall–Kier alpha value is -2.11. The van der Waals surface area contributed by atoms with Crippen molar-refractivity contribution in [1.29, 1.82) is 0 Å². The minimum absolute atomic E-state index is 0.123. The van der Waals surface area contributed by atoms with Crippen LogP contribution in [0.15, 0.2) is 30.6 Å². The zero-order chi connectivity index (χ0) is 16.4. The van der Waals surface area contributed by atoms with Gasteiger partial charge in [-0.3, -0.25) is 4.98 Å². The van der Waals surface area contributed by atoms with Gasteiger partial charge < -0.3 is 10.5 Å². The van der Waals surface area contributed by atoms with E-state index in [2.05, 4.69) is 15.0 Å². The fourth-order valence-electron chi connectivity index (χ4n) is 2.42. The number of ether oxygens (including phenoxy) is 1. The highest BCUT2D eigenvalue weighted by Crippen LogP contribution is 2.34. The molecule has 5 nitrogen and oxygen atoms in total. The summed E-state index contributed by atoms with van der Waals surface area (Å²) in [5, 5.41) is 1.40. The van der Waals surface area contributed by atoms with Gasteiger partial charge in [0.1, 0.15) is 16.6 Å². The Morgan fingerprint density at radius 1 is 1.22 bits per heavy atom. The first-order valence-corrected chi connectivity index (χ1v) is 7.81. The second-order valence-electron chi connectivity index (χ2n) is 4.91. The Balaban J connectivity index is 2.14. The second kappa shape index (κ2) is 6.56. The third-order valence-electron chi connectivity index (χ3n) is 3.44. The molecule has 0 spiro atoms. The van der Waals surface area contributed by atoms with Crippen molar-refractivity contribution >= 4 is 39.8 Å². The number of anilines is 1. The van der Waals surface area contributed by atoms with Crippen LogP contribution >= 0.6 is 23.2 Å². The van der Waals surface area contributed by atoms with E-state index in [1.807, 2.05) is 25.1 Å². The number of halogens is 2. The van der Waals surface area contributed by atoms with Crippen LogP contribution in [0, 0.1) is 0 Å². The summed E-state index contributed by atoms with van der Waals surface area (Å²) in [4.78, 5) is 12.3. The molecule has 118 valence electrons. The molecule has 7 heteroatoms. The summed E-state index contributed by atoms with van der Waals surface area (Å²) < 4.78 is 5.62. The van der Waals surface area contributed by atoms with Crippen LogP contribution in [0.2, 0.25) is 10.4 Å². The summed E-state index contributed by atoms with van der Waals surface area (Å²) in [6.45, 7) is 2.43. The summed E-state index contributed by atoms with van der Waals surface area (Å²) >= 11 is 11.9. The van der Waals surface area contributed by atoms with Crippen LogP contribution in [-0.2, 0) is 6.42 Å². The first kappa shape index (κ1) is 15.8. The number of fused-ring (bicyclic) bond motifs is 1. The van der Waals surface area contributed by atoms with Gasteiger partial charge in [-0.15, -0.1) is 0 Å². The van der Waals surface area contributed by atoms with Gasteiger partial charge in [-0.2, -0.15) is 0 Å². The second-order valence-corrected chi connectivity index (χ2v) is 5.61. The smallest absolute Gasteiger partial charge is 0.223 e. The fourth-order valence-corrected chi connectivity index (χ4v) is 2.79. The number of pyridine rings is 1. The number of rotatable bonds is 4. The maximum absolute atomic E-state index is 6.16. The van der Waals surface area contributed by atoms with E-state index in [-0.39, 0.29) is 5.28 Å². The summed E-state index contributed by atoms with van der Waals surface area (Å²) in [5.74, 6) is 0.611. The number of nitrogens with zero attached hydrogens (tertiary/aromatic N) is 3. The third kappa shape index (κ3) is 3.16. The standard InChI is InChI=1S/C16H14Cl2N4O/c1-2-23-12-7-9(6-10-8-21-16(18)22-15(10)17)11-4-3-5-20-14(11)13(12)19/h3-5,7-8H,2,6,19H2,1H3. The molecule has 23 heavy (non-hydrogen) atoms. The van der Waals surface area contributed by atoms with Gasteiger partial charge in [0.25, 0.3) is 0 Å². The lowest BCUT2D eigenvalue weighted by atomic mass is 10.0. The van der Waals surface area contributed by atoms with Gasteiger partial charge in [0.15, 0.2) is 0 Å². The zero-order valence-electron chi connectivity index (χ0n) is 12.4. The topological polar surface area (TPSA) is 73.9 Å². The molecule has 3 aromatic rings. The Morgan fingerprint density at radius 2 is 2.04 bits per heavy atom. The minimum atomic E-state index is 0.123. The Kier molecular flexibility index (Phi) is 4.50. The highest BCUT2D eigenvalue weighted by Gasteiger charge is 2.14. The van der Waals surface area contributed by atoms with Crippen molar-refractivity contribution < 1.29 is 4.74 Å². The number of nitrogens with two attached hydrogens (primary N) is 1. The third-order valence-corrected chi connectivity index (χ3v) is 3.95. The van der Waals surface area contributed by atoms with Crippen LogP contribution in [-0.4, -0.2) is 21.6 Å². The molecule has 0 unspecified atom stereocenters. The maximum atomic E-state index is 6.16. The number of hydrogen-bond acceptors (Lipinski definition) is 5. The van der Waals surface area contributed by atoms with E-state index >= 15 is 0 Å². The molecule has 0 saturated heterocycles. The summed E-state index contributed by atoms with van der Waals surface area (Å²) in [6, 6.07) is 5.74. The lowest BCUT2D eigenvalue weighted by Gasteiger charge is -2.14. The van der Waals surface area contributed by atoms with Crippen molar-refractivity contribution in [2.24, 2.45) is 0 Å². The van der Waals surface area contributed by atoms with Crippen LogP contribution in [0.1, 0.15) is 18.1 Å². The molecule has 0 atom stereocenters. The monoisotopic (exact) mass is 348 g/mol. The Labute approximate surface area is 143 Å². The molecule has 0 radical (unpaired) electrons. The van der Waals surface area contributed by atoms with Gasteiger partial charge in [0, 0.05) is 29.8 Å². The molecule has 1 aromatic carbocycles. The quantitative estimate of drug-likeness (QED) is 0.439. The molecular weight excluding hydrogens is 335 g/mol. The molecule has 2 N–H and O–H groups in total. The van der Waals surface area contributed by atoms with Gasteiger partial charge in [0.2, 0.25) is 5.28 Å². The van der Waals surface area contributed by atoms with Crippen molar-refractivity contribution in [3.63, 3.8) is 0 Å². The van der Waals surface area contributed by atoms with Crippen molar-refractivity contribution in [2.75, 3.05) is 12.3 Å². The average molecular weight is 349 g/mol. The molecule has 0 aliphatic carbocycles. The lowest BCUT2D eigenvalue weighted by molar-refractivity contribution is 0.342. The largest absolute Gasteiger partial charge is 0.492 e. The van der Waals surface area contributed by atoms with Gasteiger partial charge in [-0.1, -0.05) is 17.7 Å². The number of aromatic nitrogens is 3. The zero-order valence-corrected chi connectivity index (χ0v) is 13.9. The van der Waals surface area contributed by atoms with Crippen molar-refractivity contribution in [2.45, 2.75) is 13.3 Å². The summed E-state index contributed by atoms with van der Waals surface area (Å²) in [7, 11) is 0. The van der Waals surface area contributed by atoms with Crippen LogP contribution < -0.4 is 10.5 Å². The fraction of sp³-hybridized carbons (Fsp3) is 0.188. The van der Waals surface area contributed by atoms with Gasteiger partial charge in [-0.05, 0) is 36.2 Å². The van der Waals surface area contributed by atoms with E-state index in [4.69, 9.17) is 33.7 Å². The molecule has 3 rings (SSSR count). The molecule has 0 fully saturated rings. The van der Waals surface area contributed by atoms with E-state index < -0.39 is 0 Å². The van der Waals surface area contributed by atoms with Crippen molar-refractivity contribution in [3.8, 4) is 5.75 Å². The highest BCUT2D eigenvalue weighted by molar-refractivity contribution is 6.32. The molecule has 0 bridgehead atoms. The minimum Gasteiger partial charge on any atom is -0.492 e. The normalized spacial score (nSPS) is 10.9. The van der Waals surface area contributed by atoms with Gasteiger partial charge >= 0.3 is 0 Å². The Bertz CT molecular complexity index is 870. The van der Waals surface area contributed by atoms with Gasteiger partial charge in [-0.25, -0.2) is 9.97 Å². The van der Waals surface area contributed by atoms with E-state index in [1.54, 1.807) is 12.4 Å². The van der Waals surface area contributed by atoms with Crippen molar-refractivity contribution in [3.05, 3.63) is 52.2 Å². The predicted molar refractivity (Wildman–Crippen MR) is 92.2 cm³/mol. The SMILES string of the molecule is CCOc1cc(Cc2cnc(Cl)nc2Cl)c2cccnc2c1N. The first-order chi connectivity index (χ1) is 11.1. The number of hydrogen-bond donors (Lipinski definition) is 1. The number of nitrogen functional groups attached to an aromatic ring is 1. The first-order valence-electron chi connectivity index (χ1n) is 7.06. The molecule has 0 amide bonds. The molecular formula is C16H14Cl2N4O. The molecule has 0 aliphatic rings. The highest BCUT2D eigenvalue weighted by atomic mass is 35.5. The van der Waals surface area contributed by atoms with Crippen molar-refractivity contribution in [1.82, 2.24) is 15.0 Å². The molecule has 2 aromatic heterocycles. The van der Waals surface area contributed by atoms with Gasteiger partial charge in [0.05, 0.1) is 12.1 Å².